The number of rotatable bonds is 3. The number of thiophene rings is 1. The normalized spacial score (nSPS) is 25.8. The molecule has 1 aromatic carbocycles. The smallest absolute Gasteiger partial charge is 0.226 e. The van der Waals surface area contributed by atoms with E-state index in [0.29, 0.717) is 12.0 Å². The van der Waals surface area contributed by atoms with Crippen molar-refractivity contribution in [3.05, 3.63) is 56.7 Å². The van der Waals surface area contributed by atoms with Crippen LogP contribution in [0, 0.1) is 5.92 Å². The third kappa shape index (κ3) is 3.42. The topological polar surface area (TPSA) is 29.5 Å². The van der Waals surface area contributed by atoms with Crippen molar-refractivity contribution < 1.29 is 9.53 Å². The van der Waals surface area contributed by atoms with Gasteiger partial charge in [-0.15, -0.1) is 11.3 Å². The summed E-state index contributed by atoms with van der Waals surface area (Å²) in [4.78, 5) is 16.8. The van der Waals surface area contributed by atoms with Gasteiger partial charge in [-0.05, 0) is 66.8 Å². The second-order valence-corrected chi connectivity index (χ2v) is 8.64. The molecular formula is C21H24ClNO2S. The Hall–Kier alpha value is -1.36. The number of carbonyl (C=O) groups excluding carboxylic acids is 1. The number of nitrogens with zero attached hydrogens (tertiary/aromatic N) is 1. The Morgan fingerprint density at radius 2 is 1.88 bits per heavy atom. The SMILES string of the molecule is COC1CCC(C(=O)N2CCc3ccsc3C2c2ccc(Cl)cc2)CC1. The molecule has 0 radical (unpaired) electrons. The highest BCUT2D eigenvalue weighted by atomic mass is 35.5. The standard InChI is InChI=1S/C21H24ClNO2S/c1-25-18-8-4-16(5-9-18)21(24)23-12-10-15-11-13-26-20(15)19(23)14-2-6-17(22)7-3-14/h2-3,6-7,11,13,16,18-19H,4-5,8-10,12H2,1H3. The van der Waals surface area contributed by atoms with E-state index in [0.717, 1.165) is 49.2 Å². The fourth-order valence-corrected chi connectivity index (χ4v) is 5.52. The minimum Gasteiger partial charge on any atom is -0.381 e. The van der Waals surface area contributed by atoms with Crippen LogP contribution in [0.1, 0.15) is 47.7 Å². The molecule has 1 aliphatic heterocycles. The number of halogens is 1. The molecule has 1 unspecified atom stereocenters. The molecule has 26 heavy (non-hydrogen) atoms. The van der Waals surface area contributed by atoms with E-state index in [2.05, 4.69) is 28.5 Å². The van der Waals surface area contributed by atoms with E-state index in [9.17, 15) is 4.79 Å². The molecule has 138 valence electrons. The molecule has 1 atom stereocenters. The lowest BCUT2D eigenvalue weighted by Gasteiger charge is -2.39. The second-order valence-electron chi connectivity index (χ2n) is 7.26. The molecule has 0 saturated heterocycles. The number of fused-ring (bicyclic) bond motifs is 1. The first kappa shape index (κ1) is 18.0. The van der Waals surface area contributed by atoms with Gasteiger partial charge in [0.1, 0.15) is 0 Å². The van der Waals surface area contributed by atoms with Crippen LogP contribution in [-0.4, -0.2) is 30.6 Å². The Balaban J connectivity index is 1.62. The molecule has 1 saturated carbocycles. The number of ether oxygens (including phenoxy) is 1. The Bertz CT molecular complexity index is 765. The van der Waals surface area contributed by atoms with E-state index in [1.165, 1.54) is 10.4 Å². The summed E-state index contributed by atoms with van der Waals surface area (Å²) in [5.74, 6) is 0.427. The highest BCUT2D eigenvalue weighted by Crippen LogP contribution is 2.40. The summed E-state index contributed by atoms with van der Waals surface area (Å²) in [5, 5.41) is 2.87. The van der Waals surface area contributed by atoms with Gasteiger partial charge in [0.15, 0.2) is 0 Å². The molecule has 4 rings (SSSR count). The highest BCUT2D eigenvalue weighted by Gasteiger charge is 2.37. The van der Waals surface area contributed by atoms with Gasteiger partial charge >= 0.3 is 0 Å². The first-order valence-corrected chi connectivity index (χ1v) is 10.6. The van der Waals surface area contributed by atoms with Crippen molar-refractivity contribution in [2.75, 3.05) is 13.7 Å². The fourth-order valence-electron chi connectivity index (χ4n) is 4.30. The molecule has 0 spiro atoms. The van der Waals surface area contributed by atoms with E-state index in [4.69, 9.17) is 16.3 Å². The average molecular weight is 390 g/mol. The molecule has 2 aliphatic rings. The lowest BCUT2D eigenvalue weighted by Crippen LogP contribution is -2.44. The molecule has 5 heteroatoms. The van der Waals surface area contributed by atoms with Gasteiger partial charge in [0.25, 0.3) is 0 Å². The number of methoxy groups -OCH3 is 1. The molecule has 2 heterocycles. The number of hydrogen-bond acceptors (Lipinski definition) is 3. The number of amides is 1. The Morgan fingerprint density at radius 3 is 2.58 bits per heavy atom. The van der Waals surface area contributed by atoms with Crippen molar-refractivity contribution in [1.29, 1.82) is 0 Å². The minimum absolute atomic E-state index is 0.0173. The minimum atomic E-state index is 0.0173. The predicted molar refractivity (Wildman–Crippen MR) is 106 cm³/mol. The summed E-state index contributed by atoms with van der Waals surface area (Å²) in [6.07, 6.45) is 5.09. The van der Waals surface area contributed by atoms with Crippen LogP contribution in [0.25, 0.3) is 0 Å². The van der Waals surface area contributed by atoms with Gasteiger partial charge in [-0.1, -0.05) is 23.7 Å². The van der Waals surface area contributed by atoms with Gasteiger partial charge in [-0.2, -0.15) is 0 Å². The lowest BCUT2D eigenvalue weighted by atomic mass is 9.85. The number of carbonyl (C=O) groups is 1. The zero-order valence-electron chi connectivity index (χ0n) is 15.0. The van der Waals surface area contributed by atoms with Gasteiger partial charge in [-0.3, -0.25) is 4.79 Å². The fraction of sp³-hybridized carbons (Fsp3) is 0.476. The molecule has 1 aliphatic carbocycles. The van der Waals surface area contributed by atoms with Gasteiger partial charge in [0.2, 0.25) is 5.91 Å². The van der Waals surface area contributed by atoms with Crippen molar-refractivity contribution in [2.24, 2.45) is 5.92 Å². The van der Waals surface area contributed by atoms with Gasteiger partial charge in [-0.25, -0.2) is 0 Å². The summed E-state index contributed by atoms with van der Waals surface area (Å²) in [7, 11) is 1.77. The second kappa shape index (κ2) is 7.71. The maximum Gasteiger partial charge on any atom is 0.226 e. The molecular weight excluding hydrogens is 366 g/mol. The van der Waals surface area contributed by atoms with Crippen LogP contribution >= 0.6 is 22.9 Å². The molecule has 2 aromatic rings. The highest BCUT2D eigenvalue weighted by molar-refractivity contribution is 7.10. The van der Waals surface area contributed by atoms with Crippen LogP contribution in [0.3, 0.4) is 0 Å². The van der Waals surface area contributed by atoms with Crippen LogP contribution in [0.5, 0.6) is 0 Å². The first-order valence-electron chi connectivity index (χ1n) is 9.32. The van der Waals surface area contributed by atoms with Crippen LogP contribution in [-0.2, 0) is 16.0 Å². The maximum atomic E-state index is 13.4. The van der Waals surface area contributed by atoms with Crippen molar-refractivity contribution in [3.8, 4) is 0 Å². The molecule has 3 nitrogen and oxygen atoms in total. The third-order valence-corrected chi connectivity index (χ3v) is 7.05. The lowest BCUT2D eigenvalue weighted by molar-refractivity contribution is -0.139. The van der Waals surface area contributed by atoms with E-state index in [1.54, 1.807) is 18.4 Å². The third-order valence-electron chi connectivity index (χ3n) is 5.79. The monoisotopic (exact) mass is 389 g/mol. The largest absolute Gasteiger partial charge is 0.381 e. The van der Waals surface area contributed by atoms with E-state index in [-0.39, 0.29) is 12.0 Å². The molecule has 1 amide bonds. The molecule has 0 bridgehead atoms. The Labute approximate surface area is 163 Å². The van der Waals surface area contributed by atoms with Gasteiger partial charge < -0.3 is 9.64 Å². The summed E-state index contributed by atoms with van der Waals surface area (Å²) in [6.45, 7) is 0.792. The van der Waals surface area contributed by atoms with Crippen LogP contribution < -0.4 is 0 Å². The molecule has 1 fully saturated rings. The Morgan fingerprint density at radius 1 is 1.15 bits per heavy atom. The van der Waals surface area contributed by atoms with Crippen molar-refractivity contribution in [3.63, 3.8) is 0 Å². The summed E-state index contributed by atoms with van der Waals surface area (Å²) < 4.78 is 5.47. The zero-order chi connectivity index (χ0) is 18.1. The van der Waals surface area contributed by atoms with E-state index < -0.39 is 0 Å². The van der Waals surface area contributed by atoms with Crippen molar-refractivity contribution in [2.45, 2.75) is 44.2 Å². The van der Waals surface area contributed by atoms with E-state index >= 15 is 0 Å². The summed E-state index contributed by atoms with van der Waals surface area (Å²) in [5.41, 5.74) is 2.53. The van der Waals surface area contributed by atoms with Crippen molar-refractivity contribution >= 4 is 28.8 Å². The number of hydrogen-bond donors (Lipinski definition) is 0. The quantitative estimate of drug-likeness (QED) is 0.732. The van der Waals surface area contributed by atoms with Crippen molar-refractivity contribution in [1.82, 2.24) is 4.90 Å². The van der Waals surface area contributed by atoms with E-state index in [1.807, 2.05) is 12.1 Å². The zero-order valence-corrected chi connectivity index (χ0v) is 16.6. The van der Waals surface area contributed by atoms with Gasteiger partial charge in [0, 0.05) is 29.5 Å². The molecule has 1 aromatic heterocycles. The average Bonchev–Trinajstić information content (AvgIpc) is 3.16. The number of benzene rings is 1. The van der Waals surface area contributed by atoms with Gasteiger partial charge in [0.05, 0.1) is 12.1 Å². The molecule has 0 N–H and O–H groups in total. The Kier molecular flexibility index (Phi) is 5.35. The maximum absolute atomic E-state index is 13.4. The first-order chi connectivity index (χ1) is 12.7. The predicted octanol–water partition coefficient (Wildman–Crippen LogP) is 5.08. The van der Waals surface area contributed by atoms with Crippen LogP contribution in [0.4, 0.5) is 0 Å². The summed E-state index contributed by atoms with van der Waals surface area (Å²) in [6, 6.07) is 10.2. The van der Waals surface area contributed by atoms with Crippen LogP contribution in [0.15, 0.2) is 35.7 Å². The van der Waals surface area contributed by atoms with Crippen LogP contribution in [0.2, 0.25) is 5.02 Å². The summed E-state index contributed by atoms with van der Waals surface area (Å²) >= 11 is 7.85.